The minimum atomic E-state index is -4.48. The topological polar surface area (TPSA) is 89.6 Å². The molecule has 8 heteroatoms. The molecule has 34 heavy (non-hydrogen) atoms. The third-order valence-electron chi connectivity index (χ3n) is 6.06. The van der Waals surface area contributed by atoms with Gasteiger partial charge in [-0.2, -0.15) is 13.2 Å². The van der Waals surface area contributed by atoms with Gasteiger partial charge < -0.3 is 15.6 Å². The summed E-state index contributed by atoms with van der Waals surface area (Å²) in [4.78, 5) is 24.6. The number of hydrogen-bond donors (Lipinski definition) is 2. The van der Waals surface area contributed by atoms with Crippen LogP contribution in [0.2, 0.25) is 0 Å². The van der Waals surface area contributed by atoms with Crippen molar-refractivity contribution in [2.45, 2.75) is 24.6 Å². The summed E-state index contributed by atoms with van der Waals surface area (Å²) in [5.41, 5.74) is 9.61. The van der Waals surface area contributed by atoms with Gasteiger partial charge in [-0.3, -0.25) is 9.59 Å². The Morgan fingerprint density at radius 2 is 1.44 bits per heavy atom. The Kier molecular flexibility index (Phi) is 6.43. The summed E-state index contributed by atoms with van der Waals surface area (Å²) in [6, 6.07) is 18.5. The van der Waals surface area contributed by atoms with E-state index in [1.807, 2.05) is 48.5 Å². The molecule has 0 bridgehead atoms. The molecule has 0 aromatic heterocycles. The van der Waals surface area contributed by atoms with Crippen LogP contribution < -0.4 is 5.73 Å². The molecule has 0 radical (unpaired) electrons. The lowest BCUT2D eigenvalue weighted by Gasteiger charge is -2.21. The molecule has 3 N–H and O–H groups in total. The number of fused-ring (bicyclic) bond motifs is 3. The predicted molar refractivity (Wildman–Crippen MR) is 119 cm³/mol. The zero-order chi connectivity index (χ0) is 24.5. The molecule has 0 amide bonds. The molecule has 3 aromatic rings. The highest BCUT2D eigenvalue weighted by atomic mass is 19.4. The molecule has 0 spiro atoms. The predicted octanol–water partition coefficient (Wildman–Crippen LogP) is 4.63. The Balaban J connectivity index is 1.46. The number of halogens is 3. The average Bonchev–Trinajstić information content (AvgIpc) is 3.11. The third-order valence-corrected chi connectivity index (χ3v) is 6.06. The summed E-state index contributed by atoms with van der Waals surface area (Å²) in [6.07, 6.45) is -4.58. The van der Waals surface area contributed by atoms with Crippen molar-refractivity contribution in [3.63, 3.8) is 0 Å². The summed E-state index contributed by atoms with van der Waals surface area (Å²) in [5, 5.41) is 9.62. The highest BCUT2D eigenvalue weighted by Gasteiger charge is 2.36. The van der Waals surface area contributed by atoms with Gasteiger partial charge >= 0.3 is 18.1 Å². The number of aliphatic carboxylic acids is 1. The number of carboxylic acids is 1. The minimum Gasteiger partial charge on any atom is -0.481 e. The van der Waals surface area contributed by atoms with Crippen molar-refractivity contribution in [3.05, 3.63) is 95.1 Å². The maximum atomic E-state index is 12.8. The SMILES string of the molecule is N[C@@H](Cc1ccc(C(F)(F)F)cc1)C(C(=O)O)C(=O)OCC1c2ccccc2-c2ccccc21. The largest absolute Gasteiger partial charge is 0.481 e. The number of hydrogen-bond acceptors (Lipinski definition) is 4. The van der Waals surface area contributed by atoms with Gasteiger partial charge in [-0.25, -0.2) is 0 Å². The lowest BCUT2D eigenvalue weighted by atomic mass is 9.93. The zero-order valence-electron chi connectivity index (χ0n) is 18.0. The number of carbonyl (C=O) groups is 2. The van der Waals surface area contributed by atoms with Gasteiger partial charge in [0, 0.05) is 12.0 Å². The maximum absolute atomic E-state index is 12.8. The fourth-order valence-electron chi connectivity index (χ4n) is 4.37. The molecule has 0 heterocycles. The fraction of sp³-hybridized carbons (Fsp3) is 0.231. The highest BCUT2D eigenvalue weighted by molar-refractivity contribution is 5.95. The molecule has 1 unspecified atom stereocenters. The van der Waals surface area contributed by atoms with E-state index in [0.29, 0.717) is 5.56 Å². The summed E-state index contributed by atoms with van der Waals surface area (Å²) in [6.45, 7) is -0.0519. The van der Waals surface area contributed by atoms with Crippen molar-refractivity contribution in [3.8, 4) is 11.1 Å². The molecule has 176 valence electrons. The summed E-state index contributed by atoms with van der Waals surface area (Å²) in [7, 11) is 0. The van der Waals surface area contributed by atoms with Crippen LogP contribution in [0, 0.1) is 5.92 Å². The maximum Gasteiger partial charge on any atom is 0.416 e. The second-order valence-electron chi connectivity index (χ2n) is 8.24. The van der Waals surface area contributed by atoms with E-state index in [1.54, 1.807) is 0 Å². The molecule has 1 aliphatic carbocycles. The second-order valence-corrected chi connectivity index (χ2v) is 8.24. The number of alkyl halides is 3. The third kappa shape index (κ3) is 4.68. The van der Waals surface area contributed by atoms with E-state index in [2.05, 4.69) is 0 Å². The van der Waals surface area contributed by atoms with Crippen LogP contribution >= 0.6 is 0 Å². The molecular weight excluding hydrogens is 447 g/mol. The Labute approximate surface area is 194 Å². The molecule has 2 atom stereocenters. The van der Waals surface area contributed by atoms with E-state index < -0.39 is 35.6 Å². The van der Waals surface area contributed by atoms with Gasteiger partial charge in [0.2, 0.25) is 0 Å². The van der Waals surface area contributed by atoms with Gasteiger partial charge in [-0.1, -0.05) is 60.7 Å². The number of carbonyl (C=O) groups excluding carboxylic acids is 1. The number of ether oxygens (including phenoxy) is 1. The van der Waals surface area contributed by atoms with Crippen LogP contribution in [0.3, 0.4) is 0 Å². The van der Waals surface area contributed by atoms with Crippen LogP contribution in [0.15, 0.2) is 72.8 Å². The smallest absolute Gasteiger partial charge is 0.416 e. The van der Waals surface area contributed by atoms with Crippen LogP contribution in [0.4, 0.5) is 13.2 Å². The van der Waals surface area contributed by atoms with E-state index in [1.165, 1.54) is 12.1 Å². The van der Waals surface area contributed by atoms with Crippen molar-refractivity contribution in [1.82, 2.24) is 0 Å². The molecule has 3 aromatic carbocycles. The number of esters is 1. The minimum absolute atomic E-state index is 0.0519. The summed E-state index contributed by atoms with van der Waals surface area (Å²) >= 11 is 0. The molecule has 5 nitrogen and oxygen atoms in total. The monoisotopic (exact) mass is 469 g/mol. The van der Waals surface area contributed by atoms with Crippen molar-refractivity contribution >= 4 is 11.9 Å². The van der Waals surface area contributed by atoms with E-state index in [4.69, 9.17) is 10.5 Å². The molecule has 0 saturated carbocycles. The van der Waals surface area contributed by atoms with Gasteiger partial charge in [0.05, 0.1) is 5.56 Å². The molecule has 4 rings (SSSR count). The Bertz CT molecular complexity index is 1160. The van der Waals surface area contributed by atoms with Crippen LogP contribution in [0.25, 0.3) is 11.1 Å². The first-order valence-corrected chi connectivity index (χ1v) is 10.7. The van der Waals surface area contributed by atoms with Gasteiger partial charge in [-0.15, -0.1) is 0 Å². The summed E-state index contributed by atoms with van der Waals surface area (Å²) < 4.78 is 43.7. The number of rotatable bonds is 7. The molecule has 0 fully saturated rings. The van der Waals surface area contributed by atoms with Gasteiger partial charge in [0.1, 0.15) is 6.61 Å². The molecule has 0 saturated heterocycles. The lowest BCUT2D eigenvalue weighted by molar-refractivity contribution is -0.159. The average molecular weight is 469 g/mol. The Hall–Kier alpha value is -3.65. The van der Waals surface area contributed by atoms with E-state index >= 15 is 0 Å². The molecule has 0 aliphatic heterocycles. The second kappa shape index (κ2) is 9.30. The zero-order valence-corrected chi connectivity index (χ0v) is 18.0. The van der Waals surface area contributed by atoms with Gasteiger partial charge in [0.25, 0.3) is 0 Å². The molecular formula is C26H22F3NO4. The lowest BCUT2D eigenvalue weighted by Crippen LogP contribution is -2.43. The van der Waals surface area contributed by atoms with Crippen molar-refractivity contribution < 1.29 is 32.6 Å². The quantitative estimate of drug-likeness (QED) is 0.389. The van der Waals surface area contributed by atoms with Crippen LogP contribution in [-0.2, 0) is 26.9 Å². The number of carboxylic acid groups (broad SMARTS) is 1. The van der Waals surface area contributed by atoms with Crippen LogP contribution in [0.1, 0.15) is 28.2 Å². The first kappa shape index (κ1) is 23.5. The normalized spacial score (nSPS) is 14.7. The van der Waals surface area contributed by atoms with Crippen LogP contribution in [-0.4, -0.2) is 29.7 Å². The first-order valence-electron chi connectivity index (χ1n) is 10.7. The summed E-state index contributed by atoms with van der Waals surface area (Å²) in [5.74, 6) is -4.32. The number of benzene rings is 3. The van der Waals surface area contributed by atoms with E-state index in [9.17, 15) is 27.9 Å². The van der Waals surface area contributed by atoms with Crippen molar-refractivity contribution in [2.75, 3.05) is 6.61 Å². The van der Waals surface area contributed by atoms with Crippen LogP contribution in [0.5, 0.6) is 0 Å². The Morgan fingerprint density at radius 3 is 1.94 bits per heavy atom. The van der Waals surface area contributed by atoms with Gasteiger partial charge in [-0.05, 0) is 46.4 Å². The van der Waals surface area contributed by atoms with Crippen molar-refractivity contribution in [1.29, 1.82) is 0 Å². The van der Waals surface area contributed by atoms with E-state index in [-0.39, 0.29) is 18.9 Å². The molecule has 1 aliphatic rings. The first-order chi connectivity index (χ1) is 16.2. The fourth-order valence-corrected chi connectivity index (χ4v) is 4.37. The Morgan fingerprint density at radius 1 is 0.912 bits per heavy atom. The standard InChI is InChI=1S/C26H22F3NO4/c27-26(28,29)16-11-9-15(10-12-16)13-22(30)23(24(31)32)25(33)34-14-21-19-7-3-1-5-17(19)18-6-2-4-8-20(18)21/h1-12,21-23H,13-14,30H2,(H,31,32)/t22-,23?/m0/s1. The van der Waals surface area contributed by atoms with Crippen molar-refractivity contribution in [2.24, 2.45) is 11.7 Å². The number of nitrogens with two attached hydrogens (primary N) is 1. The highest BCUT2D eigenvalue weighted by Crippen LogP contribution is 2.44. The van der Waals surface area contributed by atoms with Gasteiger partial charge in [0.15, 0.2) is 5.92 Å². The van der Waals surface area contributed by atoms with E-state index in [0.717, 1.165) is 34.4 Å².